The molecule has 0 unspecified atom stereocenters. The van der Waals surface area contributed by atoms with Crippen molar-refractivity contribution in [1.82, 2.24) is 15.4 Å². The van der Waals surface area contributed by atoms with Gasteiger partial charge in [-0.15, -0.1) is 0 Å². The van der Waals surface area contributed by atoms with Crippen LogP contribution in [0.3, 0.4) is 0 Å². The van der Waals surface area contributed by atoms with Gasteiger partial charge in [-0.1, -0.05) is 23.4 Å². The third-order valence-electron chi connectivity index (χ3n) is 2.78. The van der Waals surface area contributed by atoms with Gasteiger partial charge >= 0.3 is 0 Å². The van der Waals surface area contributed by atoms with Crippen molar-refractivity contribution in [3.63, 3.8) is 0 Å². The molecule has 0 saturated heterocycles. The van der Waals surface area contributed by atoms with E-state index >= 15 is 0 Å². The number of aromatic amines is 1. The number of rotatable bonds is 2. The highest BCUT2D eigenvalue weighted by Gasteiger charge is 2.15. The molecule has 1 amide bonds. The minimum absolute atomic E-state index is 0.120. The van der Waals surface area contributed by atoms with Crippen LogP contribution in [0.15, 0.2) is 39.6 Å². The number of anilines is 1. The summed E-state index contributed by atoms with van der Waals surface area (Å²) in [4.78, 5) is 23.8. The molecule has 2 N–H and O–H groups in total. The zero-order valence-corrected chi connectivity index (χ0v) is 10.5. The van der Waals surface area contributed by atoms with Crippen molar-refractivity contribution in [2.24, 2.45) is 0 Å². The smallest absolute Gasteiger partial charge is 0.279 e. The van der Waals surface area contributed by atoms with Crippen molar-refractivity contribution in [3.05, 3.63) is 52.1 Å². The maximum atomic E-state index is 12.2. The number of carbonyl (C=O) groups excluding carboxylic acids is 1. The first-order valence-corrected chi connectivity index (χ1v) is 5.87. The van der Waals surface area contributed by atoms with Gasteiger partial charge in [0.1, 0.15) is 0 Å². The first kappa shape index (κ1) is 12.1. The van der Waals surface area contributed by atoms with Gasteiger partial charge in [-0.2, -0.15) is 5.10 Å². The minimum Gasteiger partial charge on any atom is -0.338 e. The van der Waals surface area contributed by atoms with Gasteiger partial charge in [-0.05, 0) is 13.0 Å². The molecular formula is C13H10N4O3. The third kappa shape index (κ3) is 2.05. The maximum Gasteiger partial charge on any atom is 0.279 e. The molecule has 20 heavy (non-hydrogen) atoms. The predicted octanol–water partition coefficient (Wildman–Crippen LogP) is 1.47. The molecular weight excluding hydrogens is 260 g/mol. The van der Waals surface area contributed by atoms with Crippen molar-refractivity contribution in [2.75, 3.05) is 5.32 Å². The van der Waals surface area contributed by atoms with E-state index in [1.807, 2.05) is 0 Å². The largest absolute Gasteiger partial charge is 0.338 e. The van der Waals surface area contributed by atoms with Crippen LogP contribution in [0, 0.1) is 6.92 Å². The summed E-state index contributed by atoms with van der Waals surface area (Å²) < 4.78 is 4.91. The number of hydrogen-bond acceptors (Lipinski definition) is 5. The molecule has 2 heterocycles. The van der Waals surface area contributed by atoms with Crippen LogP contribution in [0.5, 0.6) is 0 Å². The van der Waals surface area contributed by atoms with E-state index in [1.165, 1.54) is 0 Å². The second-order valence-corrected chi connectivity index (χ2v) is 4.23. The Kier molecular flexibility index (Phi) is 2.79. The Morgan fingerprint density at radius 2 is 2.05 bits per heavy atom. The molecule has 7 heteroatoms. The fraction of sp³-hybridized carbons (Fsp3) is 0.0769. The number of aromatic nitrogens is 3. The van der Waals surface area contributed by atoms with E-state index < -0.39 is 5.91 Å². The molecule has 0 spiro atoms. The fourth-order valence-corrected chi connectivity index (χ4v) is 1.88. The summed E-state index contributed by atoms with van der Waals surface area (Å²) in [7, 11) is 0. The van der Waals surface area contributed by atoms with Gasteiger partial charge in [0.25, 0.3) is 11.5 Å². The van der Waals surface area contributed by atoms with Crippen molar-refractivity contribution in [1.29, 1.82) is 0 Å². The molecule has 1 aromatic carbocycles. The Balaban J connectivity index is 2.04. The number of nitrogens with zero attached hydrogens (tertiary/aromatic N) is 2. The third-order valence-corrected chi connectivity index (χ3v) is 2.78. The standard InChI is InChI=1S/C13H10N4O3/c1-7-6-10(20-17-7)14-13(19)11-8-4-2-3-5-9(8)12(18)16-15-11/h2-6H,1H3,(H,14,19)(H,16,18). The highest BCUT2D eigenvalue weighted by Crippen LogP contribution is 2.15. The number of hydrogen-bond donors (Lipinski definition) is 2. The van der Waals surface area contributed by atoms with Crippen molar-refractivity contribution in [3.8, 4) is 0 Å². The topological polar surface area (TPSA) is 101 Å². The SMILES string of the molecule is Cc1cc(NC(=O)c2n[nH]c(=O)c3ccccc23)on1. The predicted molar refractivity (Wildman–Crippen MR) is 71.6 cm³/mol. The Hall–Kier alpha value is -2.96. The summed E-state index contributed by atoms with van der Waals surface area (Å²) in [6.45, 7) is 1.74. The summed E-state index contributed by atoms with van der Waals surface area (Å²) in [5.74, 6) is -0.252. The average molecular weight is 270 g/mol. The number of amides is 1. The summed E-state index contributed by atoms with van der Waals surface area (Å²) in [5.41, 5.74) is 0.432. The van der Waals surface area contributed by atoms with Crippen LogP contribution < -0.4 is 10.9 Å². The number of carbonyl (C=O) groups is 1. The van der Waals surface area contributed by atoms with Gasteiger partial charge < -0.3 is 4.52 Å². The molecule has 0 atom stereocenters. The van der Waals surface area contributed by atoms with E-state index in [4.69, 9.17) is 4.52 Å². The quantitative estimate of drug-likeness (QED) is 0.734. The summed E-state index contributed by atoms with van der Waals surface area (Å²) in [6, 6.07) is 8.34. The molecule has 2 aromatic heterocycles. The highest BCUT2D eigenvalue weighted by atomic mass is 16.5. The first-order valence-electron chi connectivity index (χ1n) is 5.87. The molecule has 0 aliphatic carbocycles. The number of aryl methyl sites for hydroxylation is 1. The number of fused-ring (bicyclic) bond motifs is 1. The Morgan fingerprint density at radius 3 is 2.75 bits per heavy atom. The van der Waals surface area contributed by atoms with Gasteiger partial charge in [0.2, 0.25) is 5.88 Å². The molecule has 0 aliphatic rings. The zero-order valence-electron chi connectivity index (χ0n) is 10.5. The summed E-state index contributed by atoms with van der Waals surface area (Å²) in [5, 5.41) is 13.2. The lowest BCUT2D eigenvalue weighted by Crippen LogP contribution is -2.19. The lowest BCUT2D eigenvalue weighted by Gasteiger charge is -2.03. The van der Waals surface area contributed by atoms with E-state index in [-0.39, 0.29) is 17.1 Å². The Morgan fingerprint density at radius 1 is 1.30 bits per heavy atom. The molecule has 7 nitrogen and oxygen atoms in total. The van der Waals surface area contributed by atoms with Crippen molar-refractivity contribution >= 4 is 22.6 Å². The van der Waals surface area contributed by atoms with Crippen LogP contribution in [-0.2, 0) is 0 Å². The van der Waals surface area contributed by atoms with E-state index in [1.54, 1.807) is 37.3 Å². The van der Waals surface area contributed by atoms with Gasteiger partial charge in [-0.25, -0.2) is 5.10 Å². The second kappa shape index (κ2) is 4.61. The average Bonchev–Trinajstić information content (AvgIpc) is 2.84. The number of H-pyrrole nitrogens is 1. The second-order valence-electron chi connectivity index (χ2n) is 4.23. The molecule has 0 saturated carbocycles. The van der Waals surface area contributed by atoms with E-state index in [0.717, 1.165) is 0 Å². The van der Waals surface area contributed by atoms with Gasteiger partial charge in [0, 0.05) is 11.5 Å². The van der Waals surface area contributed by atoms with Crippen molar-refractivity contribution < 1.29 is 9.32 Å². The van der Waals surface area contributed by atoms with Gasteiger partial charge in [0.05, 0.1) is 11.1 Å². The molecule has 100 valence electrons. The monoisotopic (exact) mass is 270 g/mol. The van der Waals surface area contributed by atoms with Crippen LogP contribution >= 0.6 is 0 Å². The van der Waals surface area contributed by atoms with Crippen LogP contribution in [0.4, 0.5) is 5.88 Å². The van der Waals surface area contributed by atoms with Gasteiger partial charge in [-0.3, -0.25) is 14.9 Å². The molecule has 0 radical (unpaired) electrons. The molecule has 3 aromatic rings. The first-order chi connectivity index (χ1) is 9.65. The van der Waals surface area contributed by atoms with Crippen LogP contribution in [0.1, 0.15) is 16.2 Å². The Bertz CT molecular complexity index is 850. The summed E-state index contributed by atoms with van der Waals surface area (Å²) >= 11 is 0. The van der Waals surface area contributed by atoms with Crippen LogP contribution in [-0.4, -0.2) is 21.3 Å². The minimum atomic E-state index is -0.478. The van der Waals surface area contributed by atoms with Crippen LogP contribution in [0.25, 0.3) is 10.8 Å². The lowest BCUT2D eigenvalue weighted by atomic mass is 10.1. The Labute approximate surface area is 112 Å². The summed E-state index contributed by atoms with van der Waals surface area (Å²) in [6.07, 6.45) is 0. The molecule has 0 fully saturated rings. The molecule has 3 rings (SSSR count). The molecule has 0 bridgehead atoms. The fourth-order valence-electron chi connectivity index (χ4n) is 1.88. The normalized spacial score (nSPS) is 10.7. The lowest BCUT2D eigenvalue weighted by molar-refractivity contribution is 0.102. The number of benzene rings is 1. The highest BCUT2D eigenvalue weighted by molar-refractivity contribution is 6.10. The number of nitrogens with one attached hydrogen (secondary N) is 2. The van der Waals surface area contributed by atoms with E-state index in [0.29, 0.717) is 16.5 Å². The van der Waals surface area contributed by atoms with E-state index in [2.05, 4.69) is 20.7 Å². The maximum absolute atomic E-state index is 12.2. The van der Waals surface area contributed by atoms with Crippen LogP contribution in [0.2, 0.25) is 0 Å². The van der Waals surface area contributed by atoms with Crippen molar-refractivity contribution in [2.45, 2.75) is 6.92 Å². The van der Waals surface area contributed by atoms with Gasteiger partial charge in [0.15, 0.2) is 5.69 Å². The van der Waals surface area contributed by atoms with E-state index in [9.17, 15) is 9.59 Å². The zero-order chi connectivity index (χ0) is 14.1. The molecule has 0 aliphatic heterocycles.